The standard InChI is InChI=1S/C16H18N2O7S/c1-3-24-15(20)12-8-17-16(21)18-13(12)9-25-14(19)10-5-4-6-11(7-10)26(2,22)23/h4-7H,3,8-9H2,1-2H3,(H2,17,18,21). The summed E-state index contributed by atoms with van der Waals surface area (Å²) in [7, 11) is -3.47. The molecule has 1 aliphatic rings. The van der Waals surface area contributed by atoms with Gasteiger partial charge in [0.2, 0.25) is 0 Å². The molecular weight excluding hydrogens is 364 g/mol. The molecule has 0 saturated carbocycles. The van der Waals surface area contributed by atoms with Crippen molar-refractivity contribution in [3.8, 4) is 0 Å². The molecule has 0 aliphatic carbocycles. The summed E-state index contributed by atoms with van der Waals surface area (Å²) in [5.74, 6) is -1.43. The third-order valence-corrected chi connectivity index (χ3v) is 4.53. The van der Waals surface area contributed by atoms with Crippen molar-refractivity contribution in [3.63, 3.8) is 0 Å². The molecule has 1 aromatic rings. The van der Waals surface area contributed by atoms with Crippen LogP contribution >= 0.6 is 0 Å². The van der Waals surface area contributed by atoms with Gasteiger partial charge in [0.15, 0.2) is 9.84 Å². The maximum atomic E-state index is 12.2. The molecule has 0 atom stereocenters. The number of esters is 2. The predicted octanol–water partition coefficient (Wildman–Crippen LogP) is 0.377. The SMILES string of the molecule is CCOC(=O)C1=C(COC(=O)c2cccc(S(C)(=O)=O)c2)NC(=O)NC1. The van der Waals surface area contributed by atoms with Gasteiger partial charge in [0.05, 0.1) is 34.9 Å². The molecule has 1 heterocycles. The maximum Gasteiger partial charge on any atom is 0.338 e. The molecule has 1 aromatic carbocycles. The zero-order chi connectivity index (χ0) is 19.3. The van der Waals surface area contributed by atoms with Crippen molar-refractivity contribution in [1.82, 2.24) is 10.6 Å². The lowest BCUT2D eigenvalue weighted by molar-refractivity contribution is -0.138. The number of hydrogen-bond acceptors (Lipinski definition) is 7. The van der Waals surface area contributed by atoms with E-state index in [0.29, 0.717) is 0 Å². The normalized spacial score (nSPS) is 14.3. The fourth-order valence-electron chi connectivity index (χ4n) is 2.14. The summed E-state index contributed by atoms with van der Waals surface area (Å²) in [6.07, 6.45) is 1.03. The molecule has 0 radical (unpaired) electrons. The maximum absolute atomic E-state index is 12.2. The Bertz CT molecular complexity index is 874. The second-order valence-corrected chi connectivity index (χ2v) is 7.38. The monoisotopic (exact) mass is 382 g/mol. The molecule has 0 bridgehead atoms. The molecule has 0 aromatic heterocycles. The third-order valence-electron chi connectivity index (χ3n) is 3.42. The van der Waals surface area contributed by atoms with Crippen molar-refractivity contribution in [1.29, 1.82) is 0 Å². The fraction of sp³-hybridized carbons (Fsp3) is 0.312. The van der Waals surface area contributed by atoms with Gasteiger partial charge in [0, 0.05) is 6.26 Å². The number of sulfone groups is 1. The zero-order valence-corrected chi connectivity index (χ0v) is 15.0. The molecule has 0 unspecified atom stereocenters. The van der Waals surface area contributed by atoms with Gasteiger partial charge in [-0.05, 0) is 25.1 Å². The van der Waals surface area contributed by atoms with E-state index in [9.17, 15) is 22.8 Å². The lowest BCUT2D eigenvalue weighted by Crippen LogP contribution is -2.45. The average molecular weight is 382 g/mol. The van der Waals surface area contributed by atoms with Crippen molar-refractivity contribution in [2.24, 2.45) is 0 Å². The van der Waals surface area contributed by atoms with E-state index in [1.807, 2.05) is 0 Å². The molecule has 2 amide bonds. The highest BCUT2D eigenvalue weighted by atomic mass is 32.2. The number of ether oxygens (including phenoxy) is 2. The van der Waals surface area contributed by atoms with Crippen LogP contribution in [0.25, 0.3) is 0 Å². The Morgan fingerprint density at radius 3 is 2.58 bits per heavy atom. The lowest BCUT2D eigenvalue weighted by atomic mass is 10.1. The van der Waals surface area contributed by atoms with Gasteiger partial charge < -0.3 is 20.1 Å². The van der Waals surface area contributed by atoms with E-state index in [2.05, 4.69) is 10.6 Å². The summed E-state index contributed by atoms with van der Waals surface area (Å²) in [5.41, 5.74) is 0.287. The van der Waals surface area contributed by atoms with Crippen LogP contribution in [0.5, 0.6) is 0 Å². The molecule has 10 heteroatoms. The van der Waals surface area contributed by atoms with E-state index < -0.39 is 27.8 Å². The molecule has 9 nitrogen and oxygen atoms in total. The highest BCUT2D eigenvalue weighted by molar-refractivity contribution is 7.90. The molecule has 2 rings (SSSR count). The second-order valence-electron chi connectivity index (χ2n) is 5.36. The van der Waals surface area contributed by atoms with Gasteiger partial charge in [-0.3, -0.25) is 0 Å². The quantitative estimate of drug-likeness (QED) is 0.681. The van der Waals surface area contributed by atoms with E-state index in [1.54, 1.807) is 6.92 Å². The van der Waals surface area contributed by atoms with Crippen molar-refractivity contribution < 1.29 is 32.3 Å². The first-order chi connectivity index (χ1) is 12.2. The van der Waals surface area contributed by atoms with Crippen LogP contribution < -0.4 is 10.6 Å². The number of hydrogen-bond donors (Lipinski definition) is 2. The number of carbonyl (C=O) groups excluding carboxylic acids is 3. The summed E-state index contributed by atoms with van der Waals surface area (Å²) >= 11 is 0. The van der Waals surface area contributed by atoms with Crippen LogP contribution in [0.1, 0.15) is 17.3 Å². The summed E-state index contributed by atoms with van der Waals surface area (Å²) in [4.78, 5) is 35.5. The molecule has 1 aliphatic heterocycles. The predicted molar refractivity (Wildman–Crippen MR) is 90.0 cm³/mol. The van der Waals surface area contributed by atoms with Crippen molar-refractivity contribution in [3.05, 3.63) is 41.1 Å². The van der Waals surface area contributed by atoms with Crippen LogP contribution in [0.2, 0.25) is 0 Å². The minimum Gasteiger partial charge on any atom is -0.463 e. The number of carbonyl (C=O) groups is 3. The van der Waals surface area contributed by atoms with Gasteiger partial charge in [0.1, 0.15) is 6.61 Å². The molecule has 0 fully saturated rings. The number of rotatable bonds is 6. The minimum absolute atomic E-state index is 0.0199. The van der Waals surface area contributed by atoms with Gasteiger partial charge >= 0.3 is 18.0 Å². The Kier molecular flexibility index (Phi) is 5.98. The zero-order valence-electron chi connectivity index (χ0n) is 14.2. The average Bonchev–Trinajstić information content (AvgIpc) is 2.59. The second kappa shape index (κ2) is 8.00. The van der Waals surface area contributed by atoms with Gasteiger partial charge in [-0.15, -0.1) is 0 Å². The molecule has 2 N–H and O–H groups in total. The molecule has 140 valence electrons. The van der Waals surface area contributed by atoms with Crippen molar-refractivity contribution in [2.75, 3.05) is 26.0 Å². The van der Waals surface area contributed by atoms with Crippen LogP contribution in [0.15, 0.2) is 40.4 Å². The van der Waals surface area contributed by atoms with E-state index in [0.717, 1.165) is 6.26 Å². The van der Waals surface area contributed by atoms with Crippen LogP contribution in [0, 0.1) is 0 Å². The number of amides is 2. The summed E-state index contributed by atoms with van der Waals surface area (Å²) in [6, 6.07) is 4.84. The Morgan fingerprint density at radius 2 is 1.92 bits per heavy atom. The first-order valence-corrected chi connectivity index (χ1v) is 9.52. The Balaban J connectivity index is 2.16. The highest BCUT2D eigenvalue weighted by Crippen LogP contribution is 2.14. The summed E-state index contributed by atoms with van der Waals surface area (Å²) in [5, 5.41) is 4.83. The summed E-state index contributed by atoms with van der Waals surface area (Å²) < 4.78 is 33.1. The highest BCUT2D eigenvalue weighted by Gasteiger charge is 2.24. The van der Waals surface area contributed by atoms with Crippen molar-refractivity contribution >= 4 is 27.8 Å². The largest absolute Gasteiger partial charge is 0.463 e. The van der Waals surface area contributed by atoms with Gasteiger partial charge in [0.25, 0.3) is 0 Å². The van der Waals surface area contributed by atoms with Gasteiger partial charge in [-0.1, -0.05) is 6.07 Å². The molecule has 0 saturated heterocycles. The number of benzene rings is 1. The molecule has 0 spiro atoms. The van der Waals surface area contributed by atoms with Gasteiger partial charge in [-0.25, -0.2) is 22.8 Å². The molecule has 26 heavy (non-hydrogen) atoms. The Labute approximate surface area is 150 Å². The van der Waals surface area contributed by atoms with Crippen LogP contribution in [0.3, 0.4) is 0 Å². The Hall–Kier alpha value is -2.88. The van der Waals surface area contributed by atoms with E-state index in [4.69, 9.17) is 9.47 Å². The van der Waals surface area contributed by atoms with E-state index in [-0.39, 0.29) is 41.5 Å². The van der Waals surface area contributed by atoms with Crippen LogP contribution in [0.4, 0.5) is 4.79 Å². The van der Waals surface area contributed by atoms with Gasteiger partial charge in [-0.2, -0.15) is 0 Å². The topological polar surface area (TPSA) is 128 Å². The first-order valence-electron chi connectivity index (χ1n) is 7.63. The van der Waals surface area contributed by atoms with Crippen LogP contribution in [-0.2, 0) is 24.1 Å². The summed E-state index contributed by atoms with van der Waals surface area (Å²) in [6.45, 7) is 1.37. The van der Waals surface area contributed by atoms with E-state index >= 15 is 0 Å². The third kappa shape index (κ3) is 4.82. The van der Waals surface area contributed by atoms with Crippen molar-refractivity contribution in [2.45, 2.75) is 11.8 Å². The Morgan fingerprint density at radius 1 is 1.19 bits per heavy atom. The fourth-order valence-corrected chi connectivity index (χ4v) is 2.81. The number of urea groups is 1. The lowest BCUT2D eigenvalue weighted by Gasteiger charge is -2.21. The van der Waals surface area contributed by atoms with E-state index in [1.165, 1.54) is 24.3 Å². The van der Waals surface area contributed by atoms with Crippen LogP contribution in [-0.4, -0.2) is 52.4 Å². The smallest absolute Gasteiger partial charge is 0.338 e. The number of nitrogens with one attached hydrogen (secondary N) is 2. The minimum atomic E-state index is -3.47. The first kappa shape index (κ1) is 19.4. The molecular formula is C16H18N2O7S.